The highest BCUT2D eigenvalue weighted by Gasteiger charge is 2.21. The summed E-state index contributed by atoms with van der Waals surface area (Å²) in [7, 11) is 2.16. The molecule has 1 aliphatic rings. The van der Waals surface area contributed by atoms with E-state index in [0.717, 1.165) is 47.5 Å². The molecule has 0 atom stereocenters. The maximum absolute atomic E-state index is 12.1. The predicted octanol–water partition coefficient (Wildman–Crippen LogP) is 0.802. The molecule has 1 heterocycles. The van der Waals surface area contributed by atoms with Gasteiger partial charge in [-0.1, -0.05) is 15.9 Å². The van der Waals surface area contributed by atoms with Crippen molar-refractivity contribution in [2.75, 3.05) is 39.8 Å². The van der Waals surface area contributed by atoms with E-state index in [1.165, 1.54) is 4.90 Å². The van der Waals surface area contributed by atoms with Gasteiger partial charge in [0.25, 0.3) is 5.91 Å². The van der Waals surface area contributed by atoms with E-state index in [9.17, 15) is 4.79 Å². The number of carbonyl (C=O) groups excluding carboxylic acids is 1. The minimum Gasteiger partial charge on any atom is -0.484 e. The molecular weight excluding hydrogens is 320 g/mol. The number of nitrogens with one attached hydrogen (secondary N) is 1. The Morgan fingerprint density at radius 1 is 1.30 bits per heavy atom. The summed E-state index contributed by atoms with van der Waals surface area (Å²) >= 11 is 3.53. The molecule has 1 aromatic carbocycles. The third-order valence-electron chi connectivity index (χ3n) is 3.74. The first-order valence-corrected chi connectivity index (χ1v) is 7.75. The molecule has 1 amide bonds. The average molecular weight is 342 g/mol. The van der Waals surface area contributed by atoms with Crippen molar-refractivity contribution in [3.63, 3.8) is 0 Å². The number of quaternary nitrogens is 1. The maximum Gasteiger partial charge on any atom is 0.260 e. The fourth-order valence-electron chi connectivity index (χ4n) is 2.36. The molecular formula is C15H22BrN2O2+. The van der Waals surface area contributed by atoms with E-state index in [-0.39, 0.29) is 12.5 Å². The lowest BCUT2D eigenvalue weighted by atomic mass is 10.1. The number of aryl methyl sites for hydroxylation is 2. The standard InChI is InChI=1S/C15H21BrN2O2/c1-11-8-13(9-12(2)15(11)16)20-10-14(19)18-6-4-17(3)5-7-18/h8-9H,4-7,10H2,1-3H3/p+1. The zero-order valence-corrected chi connectivity index (χ0v) is 13.9. The fourth-order valence-corrected chi connectivity index (χ4v) is 2.59. The van der Waals surface area contributed by atoms with Crippen molar-refractivity contribution in [2.45, 2.75) is 13.8 Å². The lowest BCUT2D eigenvalue weighted by molar-refractivity contribution is -0.883. The van der Waals surface area contributed by atoms with Gasteiger partial charge in [-0.2, -0.15) is 0 Å². The van der Waals surface area contributed by atoms with Crippen LogP contribution in [0.2, 0.25) is 0 Å². The van der Waals surface area contributed by atoms with Gasteiger partial charge in [-0.05, 0) is 37.1 Å². The van der Waals surface area contributed by atoms with Gasteiger partial charge in [0, 0.05) is 4.47 Å². The fraction of sp³-hybridized carbons (Fsp3) is 0.533. The zero-order chi connectivity index (χ0) is 14.7. The molecule has 1 saturated heterocycles. The number of amides is 1. The maximum atomic E-state index is 12.1. The first-order valence-electron chi connectivity index (χ1n) is 6.96. The lowest BCUT2D eigenvalue weighted by Crippen LogP contribution is -3.12. The molecule has 4 nitrogen and oxygen atoms in total. The molecule has 0 saturated carbocycles. The summed E-state index contributed by atoms with van der Waals surface area (Å²) in [4.78, 5) is 15.5. The Bertz CT molecular complexity index is 474. The third kappa shape index (κ3) is 3.73. The molecule has 5 heteroatoms. The number of ether oxygens (including phenoxy) is 1. The van der Waals surface area contributed by atoms with Gasteiger partial charge >= 0.3 is 0 Å². The highest BCUT2D eigenvalue weighted by Crippen LogP contribution is 2.26. The second-order valence-electron chi connectivity index (χ2n) is 5.50. The molecule has 1 aliphatic heterocycles. The summed E-state index contributed by atoms with van der Waals surface area (Å²) in [5.74, 6) is 0.840. The molecule has 0 spiro atoms. The molecule has 0 bridgehead atoms. The Morgan fingerprint density at radius 3 is 2.40 bits per heavy atom. The summed E-state index contributed by atoms with van der Waals surface area (Å²) in [6.45, 7) is 7.85. The Balaban J connectivity index is 1.90. The van der Waals surface area contributed by atoms with Gasteiger partial charge in [-0.25, -0.2) is 0 Å². The molecule has 0 radical (unpaired) electrons. The minimum atomic E-state index is 0.0794. The number of carbonyl (C=O) groups is 1. The quantitative estimate of drug-likeness (QED) is 0.882. The van der Waals surface area contributed by atoms with Crippen LogP contribution in [-0.4, -0.2) is 50.6 Å². The van der Waals surface area contributed by atoms with Crippen molar-refractivity contribution >= 4 is 21.8 Å². The molecule has 2 rings (SSSR count). The molecule has 1 fully saturated rings. The van der Waals surface area contributed by atoms with Gasteiger partial charge in [-0.3, -0.25) is 4.79 Å². The molecule has 1 aromatic rings. The monoisotopic (exact) mass is 341 g/mol. The van der Waals surface area contributed by atoms with Crippen LogP contribution in [0, 0.1) is 13.8 Å². The van der Waals surface area contributed by atoms with E-state index in [2.05, 4.69) is 23.0 Å². The SMILES string of the molecule is Cc1cc(OCC(=O)N2CC[NH+](C)CC2)cc(C)c1Br. The van der Waals surface area contributed by atoms with E-state index in [4.69, 9.17) is 4.74 Å². The van der Waals surface area contributed by atoms with Crippen LogP contribution >= 0.6 is 15.9 Å². The van der Waals surface area contributed by atoms with Gasteiger partial charge in [0.1, 0.15) is 5.75 Å². The van der Waals surface area contributed by atoms with Gasteiger partial charge in [0.05, 0.1) is 33.2 Å². The van der Waals surface area contributed by atoms with E-state index in [1.54, 1.807) is 0 Å². The number of halogens is 1. The van der Waals surface area contributed by atoms with Gasteiger partial charge in [0.15, 0.2) is 6.61 Å². The van der Waals surface area contributed by atoms with Crippen molar-refractivity contribution in [3.8, 4) is 5.75 Å². The average Bonchev–Trinajstić information content (AvgIpc) is 2.42. The Morgan fingerprint density at radius 2 is 1.85 bits per heavy atom. The lowest BCUT2D eigenvalue weighted by Gasteiger charge is -2.30. The van der Waals surface area contributed by atoms with Crippen molar-refractivity contribution < 1.29 is 14.4 Å². The largest absolute Gasteiger partial charge is 0.484 e. The first-order chi connectivity index (χ1) is 9.47. The van der Waals surface area contributed by atoms with E-state index >= 15 is 0 Å². The zero-order valence-electron chi connectivity index (χ0n) is 12.3. The van der Waals surface area contributed by atoms with Gasteiger partial charge in [0.2, 0.25) is 0 Å². The van der Waals surface area contributed by atoms with Crippen molar-refractivity contribution in [2.24, 2.45) is 0 Å². The topological polar surface area (TPSA) is 34.0 Å². The summed E-state index contributed by atoms with van der Waals surface area (Å²) in [5, 5.41) is 0. The van der Waals surface area contributed by atoms with E-state index in [1.807, 2.05) is 30.9 Å². The smallest absolute Gasteiger partial charge is 0.260 e. The van der Waals surface area contributed by atoms with Crippen LogP contribution in [0.4, 0.5) is 0 Å². The van der Waals surface area contributed by atoms with Crippen LogP contribution in [0.15, 0.2) is 16.6 Å². The van der Waals surface area contributed by atoms with E-state index in [0.29, 0.717) is 0 Å². The molecule has 0 unspecified atom stereocenters. The van der Waals surface area contributed by atoms with Gasteiger partial charge < -0.3 is 14.5 Å². The predicted molar refractivity (Wildman–Crippen MR) is 82.3 cm³/mol. The normalized spacial score (nSPS) is 16.3. The number of nitrogens with zero attached hydrogens (tertiary/aromatic N) is 1. The summed E-state index contributed by atoms with van der Waals surface area (Å²) in [6, 6.07) is 3.91. The van der Waals surface area contributed by atoms with Crippen LogP contribution < -0.4 is 9.64 Å². The van der Waals surface area contributed by atoms with E-state index < -0.39 is 0 Å². The van der Waals surface area contributed by atoms with Crippen molar-refractivity contribution in [1.82, 2.24) is 4.90 Å². The first kappa shape index (κ1) is 15.3. The number of benzene rings is 1. The van der Waals surface area contributed by atoms with Crippen molar-refractivity contribution in [1.29, 1.82) is 0 Å². The second kappa shape index (κ2) is 6.59. The Labute approximate surface area is 128 Å². The second-order valence-corrected chi connectivity index (χ2v) is 6.29. The number of piperazine rings is 1. The summed E-state index contributed by atoms with van der Waals surface area (Å²) < 4.78 is 6.74. The molecule has 0 aliphatic carbocycles. The Kier molecular flexibility index (Phi) is 5.05. The van der Waals surface area contributed by atoms with Crippen LogP contribution in [0.5, 0.6) is 5.75 Å². The Hall–Kier alpha value is -1.07. The van der Waals surface area contributed by atoms with Gasteiger partial charge in [-0.15, -0.1) is 0 Å². The molecule has 0 aromatic heterocycles. The number of hydrogen-bond donors (Lipinski definition) is 1. The number of hydrogen-bond acceptors (Lipinski definition) is 2. The highest BCUT2D eigenvalue weighted by molar-refractivity contribution is 9.10. The highest BCUT2D eigenvalue weighted by atomic mass is 79.9. The van der Waals surface area contributed by atoms with Crippen LogP contribution in [-0.2, 0) is 4.79 Å². The van der Waals surface area contributed by atoms with Crippen LogP contribution in [0.3, 0.4) is 0 Å². The number of rotatable bonds is 3. The summed E-state index contributed by atoms with van der Waals surface area (Å²) in [6.07, 6.45) is 0. The molecule has 1 N–H and O–H groups in total. The minimum absolute atomic E-state index is 0.0794. The molecule has 110 valence electrons. The number of likely N-dealkylation sites (N-methyl/N-ethyl adjacent to an activating group) is 1. The van der Waals surface area contributed by atoms with Crippen LogP contribution in [0.1, 0.15) is 11.1 Å². The summed E-state index contributed by atoms with van der Waals surface area (Å²) in [5.41, 5.74) is 2.24. The third-order valence-corrected chi connectivity index (χ3v) is 4.99. The molecule has 20 heavy (non-hydrogen) atoms. The van der Waals surface area contributed by atoms with Crippen LogP contribution in [0.25, 0.3) is 0 Å². The van der Waals surface area contributed by atoms with Crippen molar-refractivity contribution in [3.05, 3.63) is 27.7 Å².